The summed E-state index contributed by atoms with van der Waals surface area (Å²) in [5.41, 5.74) is 2.52. The molecule has 0 saturated carbocycles. The maximum Gasteiger partial charge on any atom is 0.281 e. The third kappa shape index (κ3) is 3.77. The maximum atomic E-state index is 12.2. The molecule has 0 fully saturated rings. The van der Waals surface area contributed by atoms with Crippen molar-refractivity contribution in [2.75, 3.05) is 0 Å². The Balaban J connectivity index is 1.78. The Hall–Kier alpha value is -2.68. The van der Waals surface area contributed by atoms with Gasteiger partial charge in [0.15, 0.2) is 0 Å². The number of rotatable bonds is 4. The second-order valence-corrected chi connectivity index (χ2v) is 7.04. The van der Waals surface area contributed by atoms with Crippen LogP contribution in [0.3, 0.4) is 0 Å². The number of fused-ring (bicyclic) bond motifs is 1. The molecule has 0 unspecified atom stereocenters. The predicted octanol–water partition coefficient (Wildman–Crippen LogP) is 4.59. The van der Waals surface area contributed by atoms with Gasteiger partial charge in [-0.2, -0.15) is 5.10 Å². The highest BCUT2D eigenvalue weighted by Gasteiger charge is 2.13. The number of hydrogen-bond donors (Lipinski definition) is 2. The molecule has 2 N–H and O–H groups in total. The number of hydrazone groups is 1. The van der Waals surface area contributed by atoms with Crippen molar-refractivity contribution < 1.29 is 14.8 Å². The Bertz CT molecular complexity index is 1070. The molecule has 0 saturated heterocycles. The average Bonchev–Trinajstić information content (AvgIpc) is 3.02. The minimum atomic E-state index is -0.496. The first-order valence-electron chi connectivity index (χ1n) is 7.04. The van der Waals surface area contributed by atoms with Gasteiger partial charge >= 0.3 is 0 Å². The van der Waals surface area contributed by atoms with Crippen LogP contribution in [-0.4, -0.2) is 22.2 Å². The smallest absolute Gasteiger partial charge is 0.281 e. The summed E-state index contributed by atoms with van der Waals surface area (Å²) in [6.45, 7) is 0. The highest BCUT2D eigenvalue weighted by molar-refractivity contribution is 7.20. The molecular formula is C16H9Cl2N3O4S. The Kier molecular flexibility index (Phi) is 5.08. The van der Waals surface area contributed by atoms with Gasteiger partial charge in [0.1, 0.15) is 5.75 Å². The van der Waals surface area contributed by atoms with Crippen LogP contribution in [0.25, 0.3) is 10.1 Å². The highest BCUT2D eigenvalue weighted by Crippen LogP contribution is 2.30. The molecule has 3 aromatic rings. The van der Waals surface area contributed by atoms with Gasteiger partial charge in [0.05, 0.1) is 21.0 Å². The molecule has 1 amide bonds. The normalized spacial score (nSPS) is 11.2. The number of nitrogens with one attached hydrogen (secondary N) is 1. The number of aromatic hydroxyl groups is 1. The van der Waals surface area contributed by atoms with E-state index in [0.29, 0.717) is 15.3 Å². The van der Waals surface area contributed by atoms with E-state index in [1.54, 1.807) is 12.1 Å². The van der Waals surface area contributed by atoms with Crippen LogP contribution in [0.2, 0.25) is 10.0 Å². The Morgan fingerprint density at radius 3 is 2.77 bits per heavy atom. The standard InChI is InChI=1S/C16H9Cl2N3O4S/c17-10-3-9(15(22)12(18)6-10)7-19-20-16(23)14-5-8-4-11(21(24)25)1-2-13(8)26-14/h1-7,22H,(H,20,23)/b19-7+. The van der Waals surface area contributed by atoms with Crippen molar-refractivity contribution in [3.63, 3.8) is 0 Å². The van der Waals surface area contributed by atoms with Gasteiger partial charge in [-0.1, -0.05) is 23.2 Å². The number of carbonyl (C=O) groups is 1. The van der Waals surface area contributed by atoms with Crippen LogP contribution in [0.4, 0.5) is 5.69 Å². The lowest BCUT2D eigenvalue weighted by atomic mass is 10.2. The van der Waals surface area contributed by atoms with E-state index in [9.17, 15) is 20.0 Å². The van der Waals surface area contributed by atoms with Gasteiger partial charge in [0, 0.05) is 32.8 Å². The molecule has 3 rings (SSSR count). The number of amides is 1. The van der Waals surface area contributed by atoms with Crippen molar-refractivity contribution in [1.29, 1.82) is 0 Å². The lowest BCUT2D eigenvalue weighted by molar-refractivity contribution is -0.384. The van der Waals surface area contributed by atoms with Crippen LogP contribution >= 0.6 is 34.5 Å². The van der Waals surface area contributed by atoms with Crippen molar-refractivity contribution in [2.24, 2.45) is 5.10 Å². The zero-order chi connectivity index (χ0) is 18.8. The number of non-ortho nitro benzene ring substituents is 1. The minimum Gasteiger partial charge on any atom is -0.506 e. The summed E-state index contributed by atoms with van der Waals surface area (Å²) in [6.07, 6.45) is 1.21. The number of nitro benzene ring substituents is 1. The average molecular weight is 410 g/mol. The molecule has 1 heterocycles. The summed E-state index contributed by atoms with van der Waals surface area (Å²) in [6, 6.07) is 8.74. The first-order chi connectivity index (χ1) is 12.3. The van der Waals surface area contributed by atoms with Gasteiger partial charge in [-0.05, 0) is 24.3 Å². The van der Waals surface area contributed by atoms with Crippen molar-refractivity contribution in [3.05, 3.63) is 67.0 Å². The molecule has 0 aliphatic carbocycles. The van der Waals surface area contributed by atoms with Gasteiger partial charge in [0.2, 0.25) is 0 Å². The summed E-state index contributed by atoms with van der Waals surface area (Å²) in [5.74, 6) is -0.694. The molecule has 2 aromatic carbocycles. The fourth-order valence-corrected chi connectivity index (χ4v) is 3.60. The molecule has 1 aromatic heterocycles. The van der Waals surface area contributed by atoms with E-state index in [0.717, 1.165) is 4.70 Å². The minimum absolute atomic E-state index is 0.0476. The summed E-state index contributed by atoms with van der Waals surface area (Å²) < 4.78 is 0.740. The molecule has 0 atom stereocenters. The Labute approximate surface area is 160 Å². The molecule has 10 heteroatoms. The second-order valence-electron chi connectivity index (χ2n) is 5.11. The van der Waals surface area contributed by atoms with Crippen molar-refractivity contribution >= 4 is 62.4 Å². The molecule has 0 spiro atoms. The molecular weight excluding hydrogens is 401 g/mol. The van der Waals surface area contributed by atoms with E-state index >= 15 is 0 Å². The van der Waals surface area contributed by atoms with Crippen LogP contribution in [0, 0.1) is 10.1 Å². The molecule has 132 valence electrons. The molecule has 0 bridgehead atoms. The quantitative estimate of drug-likeness (QED) is 0.373. The van der Waals surface area contributed by atoms with Gasteiger partial charge in [-0.3, -0.25) is 14.9 Å². The Morgan fingerprint density at radius 1 is 1.27 bits per heavy atom. The van der Waals surface area contributed by atoms with Crippen LogP contribution < -0.4 is 5.43 Å². The molecule has 26 heavy (non-hydrogen) atoms. The number of benzene rings is 2. The highest BCUT2D eigenvalue weighted by atomic mass is 35.5. The number of nitro groups is 1. The molecule has 0 aliphatic heterocycles. The van der Waals surface area contributed by atoms with Crippen molar-refractivity contribution in [3.8, 4) is 5.75 Å². The first-order valence-corrected chi connectivity index (χ1v) is 8.62. The molecule has 0 aliphatic rings. The van der Waals surface area contributed by atoms with E-state index in [-0.39, 0.29) is 22.0 Å². The number of nitrogens with zero attached hydrogens (tertiary/aromatic N) is 2. The zero-order valence-corrected chi connectivity index (χ0v) is 15.1. The summed E-state index contributed by atoms with van der Waals surface area (Å²) >= 11 is 12.8. The van der Waals surface area contributed by atoms with Gasteiger partial charge in [-0.15, -0.1) is 11.3 Å². The number of thiophene rings is 1. The van der Waals surface area contributed by atoms with E-state index in [2.05, 4.69) is 10.5 Å². The Morgan fingerprint density at radius 2 is 2.04 bits per heavy atom. The van der Waals surface area contributed by atoms with Crippen LogP contribution in [0.1, 0.15) is 15.2 Å². The fourth-order valence-electron chi connectivity index (χ4n) is 2.16. The van der Waals surface area contributed by atoms with Crippen molar-refractivity contribution in [1.82, 2.24) is 5.43 Å². The maximum absolute atomic E-state index is 12.2. The first kappa shape index (κ1) is 18.1. The van der Waals surface area contributed by atoms with E-state index in [1.807, 2.05) is 0 Å². The van der Waals surface area contributed by atoms with E-state index in [1.165, 1.54) is 41.8 Å². The number of phenolic OH excluding ortho intramolecular Hbond substituents is 1. The number of carbonyl (C=O) groups excluding carboxylic acids is 1. The fraction of sp³-hybridized carbons (Fsp3) is 0. The van der Waals surface area contributed by atoms with E-state index in [4.69, 9.17) is 23.2 Å². The summed E-state index contributed by atoms with van der Waals surface area (Å²) in [7, 11) is 0. The predicted molar refractivity (Wildman–Crippen MR) is 102 cm³/mol. The summed E-state index contributed by atoms with van der Waals surface area (Å²) in [5, 5.41) is 25.4. The van der Waals surface area contributed by atoms with Crippen LogP contribution in [0.5, 0.6) is 5.75 Å². The monoisotopic (exact) mass is 409 g/mol. The largest absolute Gasteiger partial charge is 0.506 e. The lowest BCUT2D eigenvalue weighted by Gasteiger charge is -2.02. The molecule has 0 radical (unpaired) electrons. The SMILES string of the molecule is O=C(N/N=C/c1cc(Cl)cc(Cl)c1O)c1cc2cc([N+](=O)[O-])ccc2s1. The number of hydrogen-bond acceptors (Lipinski definition) is 6. The second kappa shape index (κ2) is 7.28. The van der Waals surface area contributed by atoms with Crippen LogP contribution in [-0.2, 0) is 0 Å². The number of halogens is 2. The van der Waals surface area contributed by atoms with Gasteiger partial charge in [0.25, 0.3) is 11.6 Å². The zero-order valence-electron chi connectivity index (χ0n) is 12.8. The van der Waals surface area contributed by atoms with Crippen LogP contribution in [0.15, 0.2) is 41.5 Å². The third-order valence-corrected chi connectivity index (χ3v) is 4.98. The van der Waals surface area contributed by atoms with Crippen molar-refractivity contribution in [2.45, 2.75) is 0 Å². The topological polar surface area (TPSA) is 105 Å². The van der Waals surface area contributed by atoms with Gasteiger partial charge in [-0.25, -0.2) is 5.43 Å². The van der Waals surface area contributed by atoms with E-state index < -0.39 is 10.8 Å². The lowest BCUT2D eigenvalue weighted by Crippen LogP contribution is -2.16. The summed E-state index contributed by atoms with van der Waals surface area (Å²) in [4.78, 5) is 22.8. The third-order valence-electron chi connectivity index (χ3n) is 3.36. The number of phenols is 1. The van der Waals surface area contributed by atoms with Gasteiger partial charge < -0.3 is 5.11 Å². The molecule has 7 nitrogen and oxygen atoms in total.